The molecule has 19 heavy (non-hydrogen) atoms. The van der Waals surface area contributed by atoms with Gasteiger partial charge in [0, 0.05) is 0 Å². The lowest BCUT2D eigenvalue weighted by atomic mass is 9.89. The van der Waals surface area contributed by atoms with Crippen LogP contribution in [-0.2, 0) is 0 Å². The molecule has 0 aromatic rings. The third kappa shape index (κ3) is 2.30. The molecule has 0 saturated carbocycles. The van der Waals surface area contributed by atoms with Crippen molar-refractivity contribution in [1.82, 2.24) is 0 Å². The smallest absolute Gasteiger partial charge is 0.222 e. The van der Waals surface area contributed by atoms with E-state index in [1.165, 1.54) is 0 Å². The second-order valence-corrected chi connectivity index (χ2v) is 3.06. The summed E-state index contributed by atoms with van der Waals surface area (Å²) in [6.45, 7) is 0. The second kappa shape index (κ2) is 4.30. The van der Waals surface area contributed by atoms with E-state index >= 15 is 0 Å². The average molecular weight is 319 g/mol. The van der Waals surface area contributed by atoms with E-state index in [0.29, 0.717) is 0 Å². The van der Waals surface area contributed by atoms with Crippen molar-refractivity contribution in [2.24, 2.45) is 0 Å². The van der Waals surface area contributed by atoms with Crippen LogP contribution in [0, 0.1) is 6.43 Å². The van der Waals surface area contributed by atoms with Crippen molar-refractivity contribution in [1.29, 1.82) is 0 Å². The molecule has 0 saturated heterocycles. The molecule has 0 atom stereocenters. The molecule has 0 aliphatic carbocycles. The van der Waals surface area contributed by atoms with Crippen LogP contribution >= 0.6 is 0 Å². The highest BCUT2D eigenvalue weighted by Gasteiger charge is 2.90. The zero-order valence-corrected chi connectivity index (χ0v) is 7.91. The van der Waals surface area contributed by atoms with Gasteiger partial charge in [-0.1, -0.05) is 0 Å². The van der Waals surface area contributed by atoms with E-state index in [2.05, 4.69) is 0 Å². The van der Waals surface area contributed by atoms with Crippen LogP contribution in [0.25, 0.3) is 0 Å². The molecule has 0 spiro atoms. The summed E-state index contributed by atoms with van der Waals surface area (Å²) in [6, 6.07) is 0. The van der Waals surface area contributed by atoms with Gasteiger partial charge in [0.1, 0.15) is 0 Å². The van der Waals surface area contributed by atoms with Crippen molar-refractivity contribution in [2.75, 3.05) is 0 Å². The Kier molecular flexibility index (Phi) is 4.09. The molecule has 0 bridgehead atoms. The van der Waals surface area contributed by atoms with E-state index in [9.17, 15) is 57.1 Å². The van der Waals surface area contributed by atoms with E-state index in [1.807, 2.05) is 0 Å². The zero-order chi connectivity index (χ0) is 16.1. The lowest BCUT2D eigenvalue weighted by molar-refractivity contribution is -0.411. The quantitative estimate of drug-likeness (QED) is 0.671. The molecule has 0 heterocycles. The molecule has 0 N–H and O–H groups in total. The number of rotatable bonds is 3. The largest absolute Gasteiger partial charge is 0.457 e. The van der Waals surface area contributed by atoms with E-state index in [4.69, 9.17) is 0 Å². The number of hydrogen-bond acceptors (Lipinski definition) is 0. The Bertz CT molecular complexity index is 293. The third-order valence-corrected chi connectivity index (χ3v) is 1.84. The highest BCUT2D eigenvalue weighted by Crippen LogP contribution is 2.60. The minimum atomic E-state index is -7.67. The number of hydrogen-bond donors (Lipinski definition) is 0. The molecule has 0 unspecified atom stereocenters. The van der Waals surface area contributed by atoms with Gasteiger partial charge in [0.05, 0.1) is 0 Å². The Hall–Kier alpha value is -0.910. The second-order valence-electron chi connectivity index (χ2n) is 3.06. The maximum Gasteiger partial charge on any atom is 0.457 e. The molecule has 0 aromatic heterocycles. The summed E-state index contributed by atoms with van der Waals surface area (Å²) in [7, 11) is 0. The molecule has 1 radical (unpaired) electrons. The summed E-state index contributed by atoms with van der Waals surface area (Å²) in [5.41, 5.74) is -7.57. The molecule has 115 valence electrons. The first-order valence-corrected chi connectivity index (χ1v) is 3.71. The molecule has 0 fully saturated rings. The van der Waals surface area contributed by atoms with Gasteiger partial charge in [-0.05, 0) is 0 Å². The Balaban J connectivity index is 6.21. The highest BCUT2D eigenvalue weighted by atomic mass is 19.4. The Morgan fingerprint density at radius 3 is 0.789 bits per heavy atom. The van der Waals surface area contributed by atoms with Gasteiger partial charge in [-0.2, -0.15) is 52.7 Å². The van der Waals surface area contributed by atoms with Crippen LogP contribution < -0.4 is 0 Å². The minimum absolute atomic E-state index is 5.06. The molecule has 13 heteroatoms. The summed E-state index contributed by atoms with van der Waals surface area (Å²) >= 11 is 0. The molecule has 0 amide bonds. The Labute approximate surface area is 94.7 Å². The standard InChI is InChI=1S/C6F13/c7-1(8)2(9,3(10,11)5(14,15)16)4(12,13)6(17,18)19. The molecule has 0 aromatic carbocycles. The van der Waals surface area contributed by atoms with Crippen LogP contribution in [0.4, 0.5) is 57.1 Å². The first kappa shape index (κ1) is 18.1. The van der Waals surface area contributed by atoms with Crippen molar-refractivity contribution >= 4 is 0 Å². The predicted octanol–water partition coefficient (Wildman–Crippen LogP) is 4.52. The average Bonchev–Trinajstić information content (AvgIpc) is 2.11. The van der Waals surface area contributed by atoms with Crippen molar-refractivity contribution < 1.29 is 57.1 Å². The van der Waals surface area contributed by atoms with Crippen LogP contribution in [0.15, 0.2) is 0 Å². The van der Waals surface area contributed by atoms with E-state index in [-0.39, 0.29) is 0 Å². The Morgan fingerprint density at radius 1 is 0.474 bits per heavy atom. The predicted molar refractivity (Wildman–Crippen MR) is 31.3 cm³/mol. The fourth-order valence-electron chi connectivity index (χ4n) is 0.825. The van der Waals surface area contributed by atoms with Crippen molar-refractivity contribution in [3.8, 4) is 0 Å². The van der Waals surface area contributed by atoms with Crippen LogP contribution in [0.5, 0.6) is 0 Å². The molecular weight excluding hydrogens is 319 g/mol. The fraction of sp³-hybridized carbons (Fsp3) is 0.833. The lowest BCUT2D eigenvalue weighted by Crippen LogP contribution is -2.69. The molecular formula is C6F13. The van der Waals surface area contributed by atoms with Gasteiger partial charge in [0.25, 0.3) is 0 Å². The van der Waals surface area contributed by atoms with Crippen LogP contribution in [0.1, 0.15) is 0 Å². The van der Waals surface area contributed by atoms with E-state index < -0.39 is 36.3 Å². The van der Waals surface area contributed by atoms with Gasteiger partial charge in [-0.3, -0.25) is 0 Å². The summed E-state index contributed by atoms with van der Waals surface area (Å²) in [5, 5.41) is 0. The third-order valence-electron chi connectivity index (χ3n) is 1.84. The lowest BCUT2D eigenvalue weighted by Gasteiger charge is -2.38. The highest BCUT2D eigenvalue weighted by molar-refractivity contribution is 5.17. The molecule has 0 aliphatic rings. The molecule has 0 nitrogen and oxygen atoms in total. The SMILES string of the molecule is F[C](F)C(F)(C(F)(F)C(F)(F)F)C(F)(F)C(F)(F)F. The van der Waals surface area contributed by atoms with Gasteiger partial charge in [0.15, 0.2) is 0 Å². The number of halogens is 13. The first-order valence-electron chi connectivity index (χ1n) is 3.71. The normalized spacial score (nSPS) is 16.1. The summed E-state index contributed by atoms with van der Waals surface area (Å²) in [6.07, 6.45) is -19.9. The van der Waals surface area contributed by atoms with Crippen LogP contribution in [-0.4, -0.2) is 29.9 Å². The molecule has 0 rings (SSSR count). The van der Waals surface area contributed by atoms with Gasteiger partial charge >= 0.3 is 36.3 Å². The minimum Gasteiger partial charge on any atom is -0.222 e. The van der Waals surface area contributed by atoms with Crippen molar-refractivity contribution in [2.45, 2.75) is 29.9 Å². The number of alkyl halides is 11. The summed E-state index contributed by atoms with van der Waals surface area (Å²) in [5.74, 6) is -15.3. The maximum atomic E-state index is 12.7. The van der Waals surface area contributed by atoms with Crippen LogP contribution in [0.2, 0.25) is 0 Å². The first-order chi connectivity index (χ1) is 7.94. The van der Waals surface area contributed by atoms with Crippen molar-refractivity contribution in [3.63, 3.8) is 0 Å². The van der Waals surface area contributed by atoms with Gasteiger partial charge in [-0.25, -0.2) is 4.39 Å². The fourth-order valence-corrected chi connectivity index (χ4v) is 0.825. The summed E-state index contributed by atoms with van der Waals surface area (Å²) in [4.78, 5) is 0. The van der Waals surface area contributed by atoms with E-state index in [0.717, 1.165) is 0 Å². The maximum absolute atomic E-state index is 12.7. The van der Waals surface area contributed by atoms with Crippen molar-refractivity contribution in [3.05, 3.63) is 6.43 Å². The van der Waals surface area contributed by atoms with E-state index in [1.54, 1.807) is 0 Å². The Morgan fingerprint density at radius 2 is 0.684 bits per heavy atom. The van der Waals surface area contributed by atoms with Gasteiger partial charge in [-0.15, -0.1) is 0 Å². The topological polar surface area (TPSA) is 0 Å². The monoisotopic (exact) mass is 319 g/mol. The van der Waals surface area contributed by atoms with Gasteiger partial charge < -0.3 is 0 Å². The van der Waals surface area contributed by atoms with Gasteiger partial charge in [0.2, 0.25) is 0 Å². The van der Waals surface area contributed by atoms with Crippen LogP contribution in [0.3, 0.4) is 0 Å². The molecule has 0 aliphatic heterocycles. The summed E-state index contributed by atoms with van der Waals surface area (Å²) < 4.78 is 155. The zero-order valence-electron chi connectivity index (χ0n) is 7.91.